The summed E-state index contributed by atoms with van der Waals surface area (Å²) in [6, 6.07) is 21.1. The maximum atomic E-state index is 13.0. The number of aryl methyl sites for hydroxylation is 1. The first-order chi connectivity index (χ1) is 16.9. The summed E-state index contributed by atoms with van der Waals surface area (Å²) >= 11 is 1.21. The number of fused-ring (bicyclic) bond motifs is 1. The molecule has 0 fully saturated rings. The number of nitrogens with one attached hydrogen (secondary N) is 3. The summed E-state index contributed by atoms with van der Waals surface area (Å²) in [5.41, 5.74) is 3.98. The summed E-state index contributed by atoms with van der Waals surface area (Å²) in [6.45, 7) is 1.90. The normalized spacial score (nSPS) is 12.4. The van der Waals surface area contributed by atoms with Crippen molar-refractivity contribution in [2.24, 2.45) is 0 Å². The van der Waals surface area contributed by atoms with Crippen LogP contribution < -0.4 is 20.9 Å². The molecule has 8 nitrogen and oxygen atoms in total. The van der Waals surface area contributed by atoms with E-state index >= 15 is 0 Å². The highest BCUT2D eigenvalue weighted by Gasteiger charge is 2.27. The number of anilines is 4. The number of thioether (sulfide) groups is 1. The van der Waals surface area contributed by atoms with Crippen molar-refractivity contribution in [2.45, 2.75) is 6.92 Å². The lowest BCUT2D eigenvalue weighted by Gasteiger charge is -2.29. The number of carbonyl (C=O) groups excluding carboxylic acids is 4. The molecule has 0 aromatic heterocycles. The highest BCUT2D eigenvalue weighted by atomic mass is 32.2. The molecule has 0 bridgehead atoms. The van der Waals surface area contributed by atoms with Crippen LogP contribution in [-0.2, 0) is 14.4 Å². The monoisotopic (exact) mass is 488 g/mol. The van der Waals surface area contributed by atoms with E-state index in [1.165, 1.54) is 16.7 Å². The van der Waals surface area contributed by atoms with E-state index in [-0.39, 0.29) is 41.7 Å². The first kappa shape index (κ1) is 24.0. The average Bonchev–Trinajstić information content (AvgIpc) is 2.85. The van der Waals surface area contributed by atoms with E-state index in [0.717, 1.165) is 5.56 Å². The molecule has 0 radical (unpaired) electrons. The maximum Gasteiger partial charge on any atom is 0.258 e. The van der Waals surface area contributed by atoms with Gasteiger partial charge in [-0.3, -0.25) is 24.1 Å². The van der Waals surface area contributed by atoms with Gasteiger partial charge in [-0.2, -0.15) is 0 Å². The summed E-state index contributed by atoms with van der Waals surface area (Å²) in [6.07, 6.45) is 0. The van der Waals surface area contributed by atoms with Gasteiger partial charge in [-0.05, 0) is 55.5 Å². The molecule has 4 amide bonds. The standard InChI is InChI=1S/C26H24N4O4S/c1-17-6-10-19(11-7-17)27-24(32)15-35-16-25(33)28-20-12-8-18(9-13-20)26(34)30-14-23(31)29-21-4-2-3-5-22(21)30/h2-13H,14-16H2,1H3,(H,27,32)(H,28,33)(H,29,31). The Morgan fingerprint density at radius 3 is 2.06 bits per heavy atom. The number of rotatable bonds is 7. The SMILES string of the molecule is Cc1ccc(NC(=O)CSCC(=O)Nc2ccc(C(=O)N3CC(=O)Nc4ccccc43)cc2)cc1. The average molecular weight is 489 g/mol. The lowest BCUT2D eigenvalue weighted by Crippen LogP contribution is -2.42. The van der Waals surface area contributed by atoms with Crippen molar-refractivity contribution in [2.75, 3.05) is 38.9 Å². The molecule has 3 N–H and O–H groups in total. The predicted octanol–water partition coefficient (Wildman–Crippen LogP) is 3.90. The highest BCUT2D eigenvalue weighted by Crippen LogP contribution is 2.30. The van der Waals surface area contributed by atoms with Crippen molar-refractivity contribution in [3.63, 3.8) is 0 Å². The van der Waals surface area contributed by atoms with E-state index in [4.69, 9.17) is 0 Å². The molecular formula is C26H24N4O4S. The molecule has 0 aliphatic carbocycles. The van der Waals surface area contributed by atoms with Gasteiger partial charge in [0.05, 0.1) is 22.9 Å². The maximum absolute atomic E-state index is 13.0. The Labute approximate surface area is 207 Å². The number of nitrogens with zero attached hydrogens (tertiary/aromatic N) is 1. The van der Waals surface area contributed by atoms with Crippen LogP contribution in [0.2, 0.25) is 0 Å². The molecule has 0 atom stereocenters. The second-order valence-electron chi connectivity index (χ2n) is 7.99. The summed E-state index contributed by atoms with van der Waals surface area (Å²) in [5.74, 6) is -0.728. The van der Waals surface area contributed by atoms with Crippen molar-refractivity contribution >= 4 is 58.1 Å². The second kappa shape index (κ2) is 10.9. The molecule has 0 saturated carbocycles. The van der Waals surface area contributed by atoms with Crippen molar-refractivity contribution in [3.8, 4) is 0 Å². The summed E-state index contributed by atoms with van der Waals surface area (Å²) in [4.78, 5) is 50.7. The fraction of sp³-hybridized carbons (Fsp3) is 0.154. The van der Waals surface area contributed by atoms with E-state index in [0.29, 0.717) is 28.3 Å². The van der Waals surface area contributed by atoms with Gasteiger partial charge < -0.3 is 16.0 Å². The van der Waals surface area contributed by atoms with Crippen LogP contribution in [0.3, 0.4) is 0 Å². The number of hydrogen-bond acceptors (Lipinski definition) is 5. The molecule has 35 heavy (non-hydrogen) atoms. The first-order valence-electron chi connectivity index (χ1n) is 10.9. The third-order valence-electron chi connectivity index (χ3n) is 5.23. The second-order valence-corrected chi connectivity index (χ2v) is 8.97. The number of amides is 4. The van der Waals surface area contributed by atoms with Gasteiger partial charge in [0.1, 0.15) is 6.54 Å². The molecule has 1 aliphatic rings. The lowest BCUT2D eigenvalue weighted by molar-refractivity contribution is -0.115. The van der Waals surface area contributed by atoms with Gasteiger partial charge in [0.25, 0.3) is 5.91 Å². The Morgan fingerprint density at radius 2 is 1.43 bits per heavy atom. The van der Waals surface area contributed by atoms with Gasteiger partial charge in [-0.25, -0.2) is 0 Å². The zero-order valence-corrected chi connectivity index (χ0v) is 19.9. The summed E-state index contributed by atoms with van der Waals surface area (Å²) in [7, 11) is 0. The van der Waals surface area contributed by atoms with E-state index in [2.05, 4.69) is 16.0 Å². The van der Waals surface area contributed by atoms with E-state index in [9.17, 15) is 19.2 Å². The van der Waals surface area contributed by atoms with Gasteiger partial charge in [0.2, 0.25) is 17.7 Å². The number of hydrogen-bond donors (Lipinski definition) is 3. The largest absolute Gasteiger partial charge is 0.325 e. The Morgan fingerprint density at radius 1 is 0.857 bits per heavy atom. The van der Waals surface area contributed by atoms with Crippen LogP contribution >= 0.6 is 11.8 Å². The Hall–Kier alpha value is -4.11. The van der Waals surface area contributed by atoms with Gasteiger partial charge >= 0.3 is 0 Å². The van der Waals surface area contributed by atoms with Crippen molar-refractivity contribution in [1.82, 2.24) is 0 Å². The van der Waals surface area contributed by atoms with Crippen LogP contribution in [0.15, 0.2) is 72.8 Å². The molecule has 9 heteroatoms. The van der Waals surface area contributed by atoms with Gasteiger partial charge in [-0.15, -0.1) is 11.8 Å². The number of carbonyl (C=O) groups is 4. The molecule has 3 aromatic carbocycles. The molecule has 0 unspecified atom stereocenters. The van der Waals surface area contributed by atoms with Gasteiger partial charge in [0.15, 0.2) is 0 Å². The molecule has 1 heterocycles. The quantitative estimate of drug-likeness (QED) is 0.468. The van der Waals surface area contributed by atoms with E-state index in [1.807, 2.05) is 31.2 Å². The molecule has 3 aromatic rings. The van der Waals surface area contributed by atoms with Crippen LogP contribution in [0, 0.1) is 6.92 Å². The van der Waals surface area contributed by atoms with Crippen LogP contribution in [-0.4, -0.2) is 41.7 Å². The molecule has 1 aliphatic heterocycles. The first-order valence-corrected chi connectivity index (χ1v) is 12.1. The van der Waals surface area contributed by atoms with Crippen molar-refractivity contribution in [1.29, 1.82) is 0 Å². The number of para-hydroxylation sites is 2. The van der Waals surface area contributed by atoms with Crippen molar-refractivity contribution in [3.05, 3.63) is 83.9 Å². The fourth-order valence-corrected chi connectivity index (χ4v) is 4.15. The predicted molar refractivity (Wildman–Crippen MR) is 139 cm³/mol. The fourth-order valence-electron chi connectivity index (χ4n) is 3.53. The minimum absolute atomic E-state index is 0.0664. The third kappa shape index (κ3) is 6.27. The summed E-state index contributed by atoms with van der Waals surface area (Å²) in [5, 5.41) is 8.31. The molecule has 4 rings (SSSR count). The molecular weight excluding hydrogens is 464 g/mol. The minimum Gasteiger partial charge on any atom is -0.325 e. The Balaban J connectivity index is 1.27. The molecule has 0 saturated heterocycles. The van der Waals surface area contributed by atoms with Crippen molar-refractivity contribution < 1.29 is 19.2 Å². The molecule has 178 valence electrons. The van der Waals surface area contributed by atoms with Gasteiger partial charge in [-0.1, -0.05) is 29.8 Å². The Kier molecular flexibility index (Phi) is 7.47. The highest BCUT2D eigenvalue weighted by molar-refractivity contribution is 8.00. The van der Waals surface area contributed by atoms with E-state index in [1.54, 1.807) is 48.5 Å². The number of benzene rings is 3. The topological polar surface area (TPSA) is 108 Å². The smallest absolute Gasteiger partial charge is 0.258 e. The van der Waals surface area contributed by atoms with Crippen LogP contribution in [0.4, 0.5) is 22.7 Å². The lowest BCUT2D eigenvalue weighted by atomic mass is 10.1. The minimum atomic E-state index is -0.305. The summed E-state index contributed by atoms with van der Waals surface area (Å²) < 4.78 is 0. The molecule has 0 spiro atoms. The van der Waals surface area contributed by atoms with Crippen LogP contribution in [0.1, 0.15) is 15.9 Å². The Bertz CT molecular complexity index is 1260. The van der Waals surface area contributed by atoms with Gasteiger partial charge in [0, 0.05) is 16.9 Å². The zero-order valence-electron chi connectivity index (χ0n) is 19.0. The van der Waals surface area contributed by atoms with E-state index < -0.39 is 0 Å². The van der Waals surface area contributed by atoms with Crippen LogP contribution in [0.5, 0.6) is 0 Å². The third-order valence-corrected chi connectivity index (χ3v) is 6.17. The zero-order chi connectivity index (χ0) is 24.8. The van der Waals surface area contributed by atoms with Crippen LogP contribution in [0.25, 0.3) is 0 Å².